The van der Waals surface area contributed by atoms with E-state index in [2.05, 4.69) is 20.8 Å². The van der Waals surface area contributed by atoms with Crippen molar-refractivity contribution in [2.45, 2.75) is 264 Å². The Labute approximate surface area is 301 Å². The van der Waals surface area contributed by atoms with Gasteiger partial charge in [-0.3, -0.25) is 9.59 Å². The van der Waals surface area contributed by atoms with E-state index in [4.69, 9.17) is 9.47 Å². The van der Waals surface area contributed by atoms with Crippen LogP contribution in [-0.2, 0) is 19.1 Å². The average molecular weight is 679 g/mol. The summed E-state index contributed by atoms with van der Waals surface area (Å²) in [5, 5.41) is 0. The fraction of sp³-hybridized carbons (Fsp3) is 0.955. The van der Waals surface area contributed by atoms with E-state index in [9.17, 15) is 9.59 Å². The van der Waals surface area contributed by atoms with Gasteiger partial charge < -0.3 is 9.47 Å². The maximum absolute atomic E-state index is 12.7. The predicted octanol–water partition coefficient (Wildman–Crippen LogP) is 14.9. The second kappa shape index (κ2) is 40.4. The van der Waals surface area contributed by atoms with E-state index in [1.165, 1.54) is 180 Å². The molecular weight excluding hydrogens is 592 g/mol. The van der Waals surface area contributed by atoms with E-state index < -0.39 is 0 Å². The molecule has 4 nitrogen and oxygen atoms in total. The lowest BCUT2D eigenvalue weighted by Gasteiger charge is -2.17. The molecule has 48 heavy (non-hydrogen) atoms. The first-order valence-corrected chi connectivity index (χ1v) is 22.0. The van der Waals surface area contributed by atoms with Crippen molar-refractivity contribution in [3.8, 4) is 0 Å². The van der Waals surface area contributed by atoms with Crippen molar-refractivity contribution in [2.24, 2.45) is 0 Å². The minimum atomic E-state index is -0.335. The van der Waals surface area contributed by atoms with Gasteiger partial charge in [-0.05, 0) is 25.7 Å². The lowest BCUT2D eigenvalue weighted by Crippen LogP contribution is -2.23. The topological polar surface area (TPSA) is 52.6 Å². The second-order valence-corrected chi connectivity index (χ2v) is 15.0. The van der Waals surface area contributed by atoms with Gasteiger partial charge >= 0.3 is 11.9 Å². The molecule has 0 fully saturated rings. The van der Waals surface area contributed by atoms with E-state index >= 15 is 0 Å². The molecule has 0 aromatic carbocycles. The van der Waals surface area contributed by atoms with Gasteiger partial charge in [0.2, 0.25) is 0 Å². The first-order chi connectivity index (χ1) is 23.6. The Kier molecular flexibility index (Phi) is 39.5. The fourth-order valence-electron chi connectivity index (χ4n) is 6.79. The van der Waals surface area contributed by atoms with Gasteiger partial charge in [0.15, 0.2) is 0 Å². The Balaban J connectivity index is 4.14. The van der Waals surface area contributed by atoms with Crippen LogP contribution in [0.5, 0.6) is 0 Å². The largest absolute Gasteiger partial charge is 0.466 e. The Bertz CT molecular complexity index is 604. The molecule has 0 aromatic rings. The highest BCUT2D eigenvalue weighted by molar-refractivity contribution is 5.72. The summed E-state index contributed by atoms with van der Waals surface area (Å²) in [5.41, 5.74) is 0. The molecule has 1 unspecified atom stereocenters. The number of ether oxygens (including phenoxy) is 2. The summed E-state index contributed by atoms with van der Waals surface area (Å²) in [5.74, 6) is -0.333. The molecule has 0 radical (unpaired) electrons. The molecule has 0 rings (SSSR count). The molecule has 4 heteroatoms. The van der Waals surface area contributed by atoms with Crippen LogP contribution in [0.3, 0.4) is 0 Å². The Hall–Kier alpha value is -1.06. The van der Waals surface area contributed by atoms with Gasteiger partial charge in [0.25, 0.3) is 0 Å². The summed E-state index contributed by atoms with van der Waals surface area (Å²) >= 11 is 0. The van der Waals surface area contributed by atoms with Crippen LogP contribution in [-0.4, -0.2) is 24.6 Å². The zero-order chi connectivity index (χ0) is 35.0. The van der Waals surface area contributed by atoms with Crippen LogP contribution in [0.2, 0.25) is 0 Å². The Morgan fingerprint density at radius 3 is 1.06 bits per heavy atom. The Morgan fingerprint density at radius 1 is 0.375 bits per heavy atom. The van der Waals surface area contributed by atoms with Crippen LogP contribution in [0.4, 0.5) is 0 Å². The maximum Gasteiger partial charge on any atom is 0.309 e. The van der Waals surface area contributed by atoms with Crippen molar-refractivity contribution in [3.63, 3.8) is 0 Å². The summed E-state index contributed by atoms with van der Waals surface area (Å²) < 4.78 is 11.5. The number of esters is 2. The smallest absolute Gasteiger partial charge is 0.309 e. The minimum absolute atomic E-state index is 0.132. The predicted molar refractivity (Wildman–Crippen MR) is 209 cm³/mol. The molecule has 0 aliphatic carbocycles. The molecule has 0 heterocycles. The quantitative estimate of drug-likeness (QED) is 0.0478. The van der Waals surface area contributed by atoms with Crippen LogP contribution in [0.1, 0.15) is 258 Å². The van der Waals surface area contributed by atoms with Crippen LogP contribution in [0.15, 0.2) is 0 Å². The van der Waals surface area contributed by atoms with E-state index in [0.717, 1.165) is 44.9 Å². The minimum Gasteiger partial charge on any atom is -0.466 e. The van der Waals surface area contributed by atoms with Crippen molar-refractivity contribution in [1.82, 2.24) is 0 Å². The monoisotopic (exact) mass is 679 g/mol. The summed E-state index contributed by atoms with van der Waals surface area (Å²) in [6.07, 6.45) is 44.8. The van der Waals surface area contributed by atoms with Crippen molar-refractivity contribution >= 4 is 11.9 Å². The third-order valence-electron chi connectivity index (χ3n) is 10.1. The highest BCUT2D eigenvalue weighted by Crippen LogP contribution is 2.18. The standard InChI is InChI=1S/C44H86O4/c1-4-7-10-13-16-19-21-23-24-27-30-33-36-39-43(45)48-42(38-35-32-29-26-18-15-12-9-6-3)41-44(46)47-40-37-34-31-28-25-22-20-17-14-11-8-5-2/h42H,4-41H2,1-3H3. The molecular formula is C44H86O4. The average Bonchev–Trinajstić information content (AvgIpc) is 3.08. The zero-order valence-electron chi connectivity index (χ0n) is 33.1. The van der Waals surface area contributed by atoms with Crippen LogP contribution in [0.25, 0.3) is 0 Å². The molecule has 1 atom stereocenters. The van der Waals surface area contributed by atoms with Gasteiger partial charge in [-0.2, -0.15) is 0 Å². The van der Waals surface area contributed by atoms with Gasteiger partial charge in [-0.25, -0.2) is 0 Å². The summed E-state index contributed by atoms with van der Waals surface area (Å²) in [4.78, 5) is 25.4. The van der Waals surface area contributed by atoms with Gasteiger partial charge in [0.1, 0.15) is 6.10 Å². The highest BCUT2D eigenvalue weighted by atomic mass is 16.6. The molecule has 0 saturated heterocycles. The number of rotatable bonds is 40. The molecule has 0 N–H and O–H groups in total. The van der Waals surface area contributed by atoms with Crippen LogP contribution < -0.4 is 0 Å². The van der Waals surface area contributed by atoms with Gasteiger partial charge in [0, 0.05) is 6.42 Å². The highest BCUT2D eigenvalue weighted by Gasteiger charge is 2.19. The Morgan fingerprint density at radius 2 is 0.688 bits per heavy atom. The van der Waals surface area contributed by atoms with E-state index in [-0.39, 0.29) is 24.5 Å². The molecule has 0 aromatic heterocycles. The maximum atomic E-state index is 12.7. The fourth-order valence-corrected chi connectivity index (χ4v) is 6.79. The third kappa shape index (κ3) is 37.8. The third-order valence-corrected chi connectivity index (χ3v) is 10.1. The van der Waals surface area contributed by atoms with Gasteiger partial charge in [-0.15, -0.1) is 0 Å². The number of unbranched alkanes of at least 4 members (excludes halogenated alkanes) is 31. The van der Waals surface area contributed by atoms with Crippen molar-refractivity contribution < 1.29 is 19.1 Å². The van der Waals surface area contributed by atoms with E-state index in [1.54, 1.807) is 0 Å². The summed E-state index contributed by atoms with van der Waals surface area (Å²) in [6, 6.07) is 0. The molecule has 0 aliphatic rings. The number of hydrogen-bond donors (Lipinski definition) is 0. The number of carbonyl (C=O) groups excluding carboxylic acids is 2. The van der Waals surface area contributed by atoms with Crippen molar-refractivity contribution in [3.05, 3.63) is 0 Å². The van der Waals surface area contributed by atoms with Crippen molar-refractivity contribution in [2.75, 3.05) is 6.61 Å². The van der Waals surface area contributed by atoms with Crippen molar-refractivity contribution in [1.29, 1.82) is 0 Å². The lowest BCUT2D eigenvalue weighted by atomic mass is 10.0. The van der Waals surface area contributed by atoms with E-state index in [1.807, 2.05) is 0 Å². The molecule has 0 aliphatic heterocycles. The zero-order valence-corrected chi connectivity index (χ0v) is 33.1. The summed E-state index contributed by atoms with van der Waals surface area (Å²) in [7, 11) is 0. The molecule has 286 valence electrons. The second-order valence-electron chi connectivity index (χ2n) is 15.0. The van der Waals surface area contributed by atoms with Crippen LogP contribution >= 0.6 is 0 Å². The van der Waals surface area contributed by atoms with Gasteiger partial charge in [0.05, 0.1) is 13.0 Å². The number of carbonyl (C=O) groups is 2. The first kappa shape index (κ1) is 46.9. The number of hydrogen-bond acceptors (Lipinski definition) is 4. The summed E-state index contributed by atoms with van der Waals surface area (Å²) in [6.45, 7) is 7.31. The molecule has 0 amide bonds. The molecule has 0 saturated carbocycles. The molecule has 0 spiro atoms. The lowest BCUT2D eigenvalue weighted by molar-refractivity contribution is -0.155. The normalized spacial score (nSPS) is 12.0. The van der Waals surface area contributed by atoms with Crippen LogP contribution in [0, 0.1) is 0 Å². The van der Waals surface area contributed by atoms with E-state index in [0.29, 0.717) is 13.0 Å². The first-order valence-electron chi connectivity index (χ1n) is 22.0. The SMILES string of the molecule is CCCCCCCCCCCCCCCC(=O)OC(CCCCCCCCCCC)CC(=O)OCCCCCCCCCCCCCC. The van der Waals surface area contributed by atoms with Gasteiger partial charge in [-0.1, -0.05) is 220 Å². The molecule has 0 bridgehead atoms.